The second-order valence-corrected chi connectivity index (χ2v) is 19.1. The van der Waals surface area contributed by atoms with Crippen molar-refractivity contribution in [2.24, 2.45) is 23.7 Å². The summed E-state index contributed by atoms with van der Waals surface area (Å²) >= 11 is 0. The van der Waals surface area contributed by atoms with Gasteiger partial charge in [0.2, 0.25) is 24.1 Å². The zero-order valence-electron chi connectivity index (χ0n) is 41.8. The zero-order chi connectivity index (χ0) is 50.3. The third kappa shape index (κ3) is 11.1. The van der Waals surface area contributed by atoms with Gasteiger partial charge in [0.05, 0.1) is 58.1 Å². The number of allylic oxidation sites excluding steroid dienone is 7. The molecule has 2 saturated heterocycles. The Bertz CT molecular complexity index is 2530. The first kappa shape index (κ1) is 50.6. The Balaban J connectivity index is 0.936. The molecule has 6 atom stereocenters. The normalized spacial score (nSPS) is 27.1. The van der Waals surface area contributed by atoms with Crippen LogP contribution in [0.5, 0.6) is 28.7 Å². The lowest BCUT2D eigenvalue weighted by Gasteiger charge is -2.40. The third-order valence-electron chi connectivity index (χ3n) is 14.4. The summed E-state index contributed by atoms with van der Waals surface area (Å²) in [6.45, 7) is 8.71. The highest BCUT2D eigenvalue weighted by Gasteiger charge is 2.54. The number of piperazine rings is 1. The topological polar surface area (TPSA) is 190 Å². The first-order chi connectivity index (χ1) is 34.3. The molecule has 71 heavy (non-hydrogen) atoms. The Labute approximate surface area is 415 Å². The van der Waals surface area contributed by atoms with E-state index in [0.717, 1.165) is 49.0 Å². The fourth-order valence-corrected chi connectivity index (χ4v) is 10.5. The highest BCUT2D eigenvalue weighted by atomic mass is 16.7. The van der Waals surface area contributed by atoms with Crippen LogP contribution in [0.4, 0.5) is 4.79 Å². The van der Waals surface area contributed by atoms with Gasteiger partial charge in [0.25, 0.3) is 5.91 Å². The first-order valence-electron chi connectivity index (χ1n) is 24.6. The summed E-state index contributed by atoms with van der Waals surface area (Å²) in [7, 11) is 6.28. The Hall–Kier alpha value is -6.75. The van der Waals surface area contributed by atoms with E-state index in [9.17, 15) is 24.0 Å². The number of nitrogens with one attached hydrogen (secondary N) is 2. The molecule has 4 heterocycles. The van der Waals surface area contributed by atoms with Crippen molar-refractivity contribution in [2.45, 2.75) is 71.3 Å². The van der Waals surface area contributed by atoms with Gasteiger partial charge in [-0.3, -0.25) is 24.1 Å². The number of amides is 2. The molecule has 0 unspecified atom stereocenters. The second-order valence-electron chi connectivity index (χ2n) is 19.1. The summed E-state index contributed by atoms with van der Waals surface area (Å²) in [6, 6.07) is 7.33. The number of esters is 1. The van der Waals surface area contributed by atoms with Crippen molar-refractivity contribution in [1.29, 1.82) is 0 Å². The fourth-order valence-electron chi connectivity index (χ4n) is 10.5. The molecular formula is C54H66N4O13. The van der Waals surface area contributed by atoms with E-state index in [0.29, 0.717) is 97.1 Å². The lowest BCUT2D eigenvalue weighted by atomic mass is 9.66. The Kier molecular flexibility index (Phi) is 16.1. The van der Waals surface area contributed by atoms with Crippen molar-refractivity contribution in [1.82, 2.24) is 20.4 Å². The van der Waals surface area contributed by atoms with Crippen molar-refractivity contribution >= 4 is 29.5 Å². The summed E-state index contributed by atoms with van der Waals surface area (Å²) in [5.74, 6) is 0.262. The summed E-state index contributed by atoms with van der Waals surface area (Å²) < 4.78 is 46.4. The number of hydrogen-bond donors (Lipinski definition) is 2. The van der Waals surface area contributed by atoms with Gasteiger partial charge in [-0.2, -0.15) is 0 Å². The van der Waals surface area contributed by atoms with Crippen LogP contribution in [-0.2, 0) is 33.4 Å². The molecule has 0 radical (unpaired) electrons. The van der Waals surface area contributed by atoms with Crippen molar-refractivity contribution < 1.29 is 61.9 Å². The van der Waals surface area contributed by atoms with Gasteiger partial charge >= 0.3 is 12.1 Å². The molecule has 6 aliphatic rings. The lowest BCUT2D eigenvalue weighted by Crippen LogP contribution is -2.51. The molecule has 2 aromatic rings. The minimum Gasteiger partial charge on any atom is -0.501 e. The van der Waals surface area contributed by atoms with E-state index in [1.165, 1.54) is 27.4 Å². The average molecular weight is 979 g/mol. The maximum absolute atomic E-state index is 14.1. The minimum atomic E-state index is -0.834. The van der Waals surface area contributed by atoms with E-state index in [-0.39, 0.29) is 42.3 Å². The van der Waals surface area contributed by atoms with Crippen molar-refractivity contribution in [3.63, 3.8) is 0 Å². The predicted octanol–water partition coefficient (Wildman–Crippen LogP) is 6.83. The average Bonchev–Trinajstić information content (AvgIpc) is 4.00. The molecule has 0 aromatic heterocycles. The van der Waals surface area contributed by atoms with Gasteiger partial charge in [0.1, 0.15) is 6.10 Å². The molecule has 2 aromatic carbocycles. The highest BCUT2D eigenvalue weighted by molar-refractivity contribution is 6.23. The van der Waals surface area contributed by atoms with Crippen LogP contribution in [-0.4, -0.2) is 120 Å². The van der Waals surface area contributed by atoms with Gasteiger partial charge in [0.15, 0.2) is 23.0 Å². The van der Waals surface area contributed by atoms with Gasteiger partial charge in [-0.15, -0.1) is 0 Å². The van der Waals surface area contributed by atoms with E-state index in [1.807, 2.05) is 36.4 Å². The Morgan fingerprint density at radius 3 is 2.28 bits per heavy atom. The van der Waals surface area contributed by atoms with Crippen molar-refractivity contribution in [3.8, 4) is 28.7 Å². The molecule has 2 N–H and O–H groups in total. The van der Waals surface area contributed by atoms with Crippen LogP contribution < -0.4 is 34.3 Å². The maximum atomic E-state index is 14.1. The van der Waals surface area contributed by atoms with E-state index in [4.69, 9.17) is 37.9 Å². The van der Waals surface area contributed by atoms with Crippen LogP contribution in [0.25, 0.3) is 0 Å². The quantitative estimate of drug-likeness (QED) is 0.186. The number of carbonyl (C=O) groups is 5. The number of ether oxygens (including phenoxy) is 8. The van der Waals surface area contributed by atoms with Crippen LogP contribution in [0.2, 0.25) is 0 Å². The number of nitrogens with zero attached hydrogens (tertiary/aromatic N) is 2. The second kappa shape index (κ2) is 22.6. The Morgan fingerprint density at radius 2 is 1.59 bits per heavy atom. The lowest BCUT2D eigenvalue weighted by molar-refractivity contribution is -0.141. The Morgan fingerprint density at radius 1 is 0.873 bits per heavy atom. The van der Waals surface area contributed by atoms with Crippen molar-refractivity contribution in [3.05, 3.63) is 99.6 Å². The summed E-state index contributed by atoms with van der Waals surface area (Å²) in [5, 5.41) is 6.00. The maximum Gasteiger partial charge on any atom is 0.410 e. The van der Waals surface area contributed by atoms with Gasteiger partial charge in [-0.05, 0) is 79.5 Å². The summed E-state index contributed by atoms with van der Waals surface area (Å²) in [4.78, 5) is 72.8. The SMILES string of the molecule is CO/C1=C\[C@H](C)CCC[C@H](C)CC2=C(NCCN3CCN(C(=O)O[C@@H]4c5cc6c(cc5[C@@H](c5cc(OC)c(OC)c(OC)c5)[C@H]5C(=O)OC[C@@H]54)OCO6)CC3)C(=O)C=C(NC(=O)/C(C)=C/C=C\CC1)C2=O. The third-order valence-corrected chi connectivity index (χ3v) is 14.4. The molecular weight excluding hydrogens is 913 g/mol. The van der Waals surface area contributed by atoms with E-state index in [1.54, 1.807) is 25.0 Å². The molecule has 0 spiro atoms. The zero-order valence-corrected chi connectivity index (χ0v) is 41.8. The molecule has 17 nitrogen and oxygen atoms in total. The first-order valence-corrected chi connectivity index (χ1v) is 24.6. The smallest absolute Gasteiger partial charge is 0.410 e. The number of benzene rings is 2. The van der Waals surface area contributed by atoms with E-state index in [2.05, 4.69) is 35.5 Å². The molecule has 4 aliphatic heterocycles. The van der Waals surface area contributed by atoms with Crippen LogP contribution in [0.15, 0.2) is 82.9 Å². The van der Waals surface area contributed by atoms with Gasteiger partial charge in [-0.25, -0.2) is 4.79 Å². The van der Waals surface area contributed by atoms with E-state index >= 15 is 0 Å². The minimum absolute atomic E-state index is 0.0287. The molecule has 2 aliphatic carbocycles. The van der Waals surface area contributed by atoms with E-state index < -0.39 is 41.8 Å². The van der Waals surface area contributed by atoms with Crippen LogP contribution >= 0.6 is 0 Å². The number of rotatable bonds is 10. The fraction of sp³-hybridized carbons (Fsp3) is 0.500. The van der Waals surface area contributed by atoms with Crippen molar-refractivity contribution in [2.75, 3.05) is 81.1 Å². The number of fused-ring (bicyclic) bond motifs is 5. The molecule has 17 heteroatoms. The van der Waals surface area contributed by atoms with Gasteiger partial charge in [-0.1, -0.05) is 44.9 Å². The largest absolute Gasteiger partial charge is 0.501 e. The summed E-state index contributed by atoms with van der Waals surface area (Å²) in [6.07, 6.45) is 12.1. The molecule has 2 bridgehead atoms. The molecule has 0 saturated carbocycles. The number of methoxy groups -OCH3 is 4. The standard InChI is InChI=1S/C54H66N4O13/c1-31-12-11-13-32(2)23-38-48(41(59)28-40(49(38)60)56-52(61)33(3)14-9-8-10-15-35(22-31)64-4)55-16-17-57-18-20-58(21-19-57)54(63)71-50-37-27-43-42(69-30-70-43)26-36(37)46(47-39(50)29-68-53(47)62)34-24-44(65-5)51(67-7)45(25-34)66-6/h8-9,14,22,24-28,31-32,39,46-47,50,55H,10-13,15-21,23,29-30H2,1-7H3,(H,56,61)/b9-8-,33-14+,35-22-/t31-,32+,39+,46-,47+,50-/m1/s1. The van der Waals surface area contributed by atoms with Crippen LogP contribution in [0, 0.1) is 23.7 Å². The predicted molar refractivity (Wildman–Crippen MR) is 261 cm³/mol. The number of hydrogen-bond acceptors (Lipinski definition) is 15. The van der Waals surface area contributed by atoms with Crippen LogP contribution in [0.1, 0.15) is 88.0 Å². The summed E-state index contributed by atoms with van der Waals surface area (Å²) in [5.41, 5.74) is 3.12. The molecule has 2 fully saturated rings. The highest BCUT2D eigenvalue weighted by Crippen LogP contribution is 2.56. The number of Topliss-reactive ketones (excluding diaryl/α,β-unsaturated/α-hetero) is 1. The monoisotopic (exact) mass is 978 g/mol. The number of carbonyl (C=O) groups excluding carboxylic acids is 5. The number of ketones is 2. The molecule has 2 amide bonds. The number of cyclic esters (lactones) is 1. The molecule has 380 valence electrons. The van der Waals surface area contributed by atoms with Crippen LogP contribution in [0.3, 0.4) is 0 Å². The van der Waals surface area contributed by atoms with Gasteiger partial charge < -0.3 is 53.4 Å². The van der Waals surface area contributed by atoms with Gasteiger partial charge in [0, 0.05) is 80.3 Å². The molecule has 8 rings (SSSR count).